The van der Waals surface area contributed by atoms with E-state index in [0.717, 1.165) is 11.3 Å². The number of amides is 2. The molecular formula is C19H16ClFN2O3S. The van der Waals surface area contributed by atoms with Gasteiger partial charge in [0.05, 0.1) is 11.1 Å². The molecule has 0 unspecified atom stereocenters. The molecule has 0 atom stereocenters. The fourth-order valence-electron chi connectivity index (χ4n) is 2.38. The Morgan fingerprint density at radius 1 is 1.07 bits per heavy atom. The normalized spacial score (nSPS) is 10.9. The third-order valence-electron chi connectivity index (χ3n) is 3.58. The quantitative estimate of drug-likeness (QED) is 0.624. The van der Waals surface area contributed by atoms with E-state index in [-0.39, 0.29) is 16.0 Å². The van der Waals surface area contributed by atoms with Gasteiger partial charge in [-0.3, -0.25) is 20.4 Å². The summed E-state index contributed by atoms with van der Waals surface area (Å²) in [6.07, 6.45) is 0.0310. The average Bonchev–Trinajstić information content (AvgIpc) is 2.95. The molecule has 2 amide bonds. The molecule has 8 heteroatoms. The van der Waals surface area contributed by atoms with Crippen LogP contribution in [0.25, 0.3) is 10.1 Å². The third-order valence-corrected chi connectivity index (χ3v) is 5.23. The van der Waals surface area contributed by atoms with Crippen LogP contribution in [0.2, 0.25) is 5.02 Å². The summed E-state index contributed by atoms with van der Waals surface area (Å²) >= 11 is 7.25. The number of hydrazine groups is 1. The molecule has 0 saturated heterocycles. The Balaban J connectivity index is 1.66. The first kappa shape index (κ1) is 19.1. The van der Waals surface area contributed by atoms with E-state index < -0.39 is 17.6 Å². The zero-order valence-electron chi connectivity index (χ0n) is 14.5. The topological polar surface area (TPSA) is 67.4 Å². The van der Waals surface area contributed by atoms with Crippen molar-refractivity contribution in [2.75, 3.05) is 0 Å². The first-order valence-electron chi connectivity index (χ1n) is 8.10. The van der Waals surface area contributed by atoms with Gasteiger partial charge in [0.2, 0.25) is 0 Å². The molecule has 0 saturated carbocycles. The number of carbonyl (C=O) groups is 2. The summed E-state index contributed by atoms with van der Waals surface area (Å²) in [4.78, 5) is 24.7. The number of hydrogen-bond acceptors (Lipinski definition) is 4. The van der Waals surface area contributed by atoms with E-state index in [1.54, 1.807) is 24.3 Å². The second kappa shape index (κ2) is 7.94. The lowest BCUT2D eigenvalue weighted by molar-refractivity contribution is 0.0849. The molecule has 1 heterocycles. The van der Waals surface area contributed by atoms with E-state index >= 15 is 0 Å². The van der Waals surface area contributed by atoms with Crippen molar-refractivity contribution in [3.8, 4) is 5.75 Å². The molecule has 0 spiro atoms. The molecular weight excluding hydrogens is 391 g/mol. The van der Waals surface area contributed by atoms with E-state index in [9.17, 15) is 14.0 Å². The molecule has 140 valence electrons. The van der Waals surface area contributed by atoms with Crippen LogP contribution in [0.15, 0.2) is 42.5 Å². The van der Waals surface area contributed by atoms with Crippen LogP contribution in [0.5, 0.6) is 5.75 Å². The largest absolute Gasteiger partial charge is 0.491 e. The van der Waals surface area contributed by atoms with Crippen LogP contribution >= 0.6 is 22.9 Å². The summed E-state index contributed by atoms with van der Waals surface area (Å²) < 4.78 is 19.4. The highest BCUT2D eigenvalue weighted by atomic mass is 35.5. The van der Waals surface area contributed by atoms with Gasteiger partial charge in [-0.2, -0.15) is 0 Å². The molecule has 0 aliphatic rings. The molecule has 0 fully saturated rings. The van der Waals surface area contributed by atoms with Crippen LogP contribution in [-0.4, -0.2) is 17.9 Å². The van der Waals surface area contributed by atoms with Gasteiger partial charge in [-0.15, -0.1) is 11.3 Å². The Kier molecular flexibility index (Phi) is 5.62. The van der Waals surface area contributed by atoms with Crippen LogP contribution in [0.1, 0.15) is 33.9 Å². The first-order chi connectivity index (χ1) is 12.8. The Hall–Kier alpha value is -2.64. The summed E-state index contributed by atoms with van der Waals surface area (Å²) in [5, 5.41) is 0.803. The van der Waals surface area contributed by atoms with Crippen LogP contribution in [0, 0.1) is 5.82 Å². The average molecular weight is 407 g/mol. The highest BCUT2D eigenvalue weighted by Gasteiger charge is 2.18. The second-order valence-corrected chi connectivity index (χ2v) is 7.42. The summed E-state index contributed by atoms with van der Waals surface area (Å²) in [7, 11) is 0. The lowest BCUT2D eigenvalue weighted by atomic mass is 10.2. The predicted molar refractivity (Wildman–Crippen MR) is 104 cm³/mol. The molecule has 1 aromatic heterocycles. The SMILES string of the molecule is CC(C)Oc1ccc(C(=O)NNC(=O)c2sc3cc(F)ccc3c2Cl)cc1. The summed E-state index contributed by atoms with van der Waals surface area (Å²) in [6.45, 7) is 3.81. The third kappa shape index (κ3) is 4.37. The van der Waals surface area contributed by atoms with Crippen LogP contribution in [0.3, 0.4) is 0 Å². The standard InChI is InChI=1S/C19H16ClFN2O3S/c1-10(2)26-13-6-3-11(4-7-13)18(24)22-23-19(25)17-16(20)14-8-5-12(21)9-15(14)27-17/h3-10H,1-2H3,(H,22,24)(H,23,25). The lowest BCUT2D eigenvalue weighted by Crippen LogP contribution is -2.41. The number of rotatable bonds is 4. The van der Waals surface area contributed by atoms with E-state index in [1.807, 2.05) is 13.8 Å². The molecule has 3 rings (SSSR count). The van der Waals surface area contributed by atoms with Crippen LogP contribution in [-0.2, 0) is 0 Å². The molecule has 3 aromatic rings. The van der Waals surface area contributed by atoms with Crippen molar-refractivity contribution in [3.05, 3.63) is 63.7 Å². The summed E-state index contributed by atoms with van der Waals surface area (Å²) in [5.41, 5.74) is 5.02. The van der Waals surface area contributed by atoms with Gasteiger partial charge < -0.3 is 4.74 Å². The fourth-order valence-corrected chi connectivity index (χ4v) is 3.82. The molecule has 5 nitrogen and oxygen atoms in total. The first-order valence-corrected chi connectivity index (χ1v) is 9.29. The maximum absolute atomic E-state index is 13.3. The number of fused-ring (bicyclic) bond motifs is 1. The number of carbonyl (C=O) groups excluding carboxylic acids is 2. The fraction of sp³-hybridized carbons (Fsp3) is 0.158. The van der Waals surface area contributed by atoms with Crippen molar-refractivity contribution < 1.29 is 18.7 Å². The maximum atomic E-state index is 13.3. The van der Waals surface area contributed by atoms with Crippen molar-refractivity contribution in [2.45, 2.75) is 20.0 Å². The van der Waals surface area contributed by atoms with E-state index in [1.165, 1.54) is 18.2 Å². The minimum atomic E-state index is -0.574. The van der Waals surface area contributed by atoms with Crippen molar-refractivity contribution in [1.29, 1.82) is 0 Å². The molecule has 2 N–H and O–H groups in total. The summed E-state index contributed by atoms with van der Waals surface area (Å²) in [6, 6.07) is 10.6. The van der Waals surface area contributed by atoms with Gasteiger partial charge in [0.25, 0.3) is 11.8 Å². The van der Waals surface area contributed by atoms with Crippen LogP contribution in [0.4, 0.5) is 4.39 Å². The summed E-state index contributed by atoms with van der Waals surface area (Å²) in [5.74, 6) is -0.821. The lowest BCUT2D eigenvalue weighted by Gasteiger charge is -2.10. The second-order valence-electron chi connectivity index (χ2n) is 5.98. The monoisotopic (exact) mass is 406 g/mol. The van der Waals surface area contributed by atoms with Gasteiger partial charge in [0.1, 0.15) is 16.4 Å². The highest BCUT2D eigenvalue weighted by molar-refractivity contribution is 7.21. The number of halogens is 2. The Labute approximate surface area is 164 Å². The number of benzene rings is 2. The van der Waals surface area contributed by atoms with Crippen molar-refractivity contribution in [2.24, 2.45) is 0 Å². The van der Waals surface area contributed by atoms with Crippen molar-refractivity contribution in [3.63, 3.8) is 0 Å². The Morgan fingerprint density at radius 3 is 2.41 bits per heavy atom. The van der Waals surface area contributed by atoms with Gasteiger partial charge in [-0.05, 0) is 56.3 Å². The zero-order chi connectivity index (χ0) is 19.6. The number of nitrogens with one attached hydrogen (secondary N) is 2. The van der Waals surface area contributed by atoms with Gasteiger partial charge in [-0.25, -0.2) is 4.39 Å². The molecule has 0 bridgehead atoms. The molecule has 2 aromatic carbocycles. The van der Waals surface area contributed by atoms with Crippen molar-refractivity contribution >= 4 is 44.8 Å². The van der Waals surface area contributed by atoms with Gasteiger partial charge in [0.15, 0.2) is 0 Å². The number of thiophene rings is 1. The van der Waals surface area contributed by atoms with Gasteiger partial charge >= 0.3 is 0 Å². The highest BCUT2D eigenvalue weighted by Crippen LogP contribution is 2.35. The molecule has 27 heavy (non-hydrogen) atoms. The van der Waals surface area contributed by atoms with E-state index in [2.05, 4.69) is 10.9 Å². The Bertz CT molecular complexity index is 1000. The minimum Gasteiger partial charge on any atom is -0.491 e. The molecule has 0 radical (unpaired) electrons. The van der Waals surface area contributed by atoms with E-state index in [4.69, 9.17) is 16.3 Å². The number of ether oxygens (including phenoxy) is 1. The maximum Gasteiger partial charge on any atom is 0.281 e. The van der Waals surface area contributed by atoms with Gasteiger partial charge in [0, 0.05) is 15.6 Å². The predicted octanol–water partition coefficient (Wildman–Crippen LogP) is 4.56. The van der Waals surface area contributed by atoms with Crippen LogP contribution < -0.4 is 15.6 Å². The van der Waals surface area contributed by atoms with Crippen molar-refractivity contribution in [1.82, 2.24) is 10.9 Å². The Morgan fingerprint density at radius 2 is 1.74 bits per heavy atom. The number of hydrogen-bond donors (Lipinski definition) is 2. The minimum absolute atomic E-state index is 0.0310. The van der Waals surface area contributed by atoms with E-state index in [0.29, 0.717) is 21.4 Å². The molecule has 0 aliphatic heterocycles. The van der Waals surface area contributed by atoms with Gasteiger partial charge in [-0.1, -0.05) is 11.6 Å². The molecule has 0 aliphatic carbocycles. The zero-order valence-corrected chi connectivity index (χ0v) is 16.1. The smallest absolute Gasteiger partial charge is 0.281 e.